The van der Waals surface area contributed by atoms with Gasteiger partial charge in [0.2, 0.25) is 10.0 Å². The van der Waals surface area contributed by atoms with Gasteiger partial charge in [0, 0.05) is 10.5 Å². The van der Waals surface area contributed by atoms with E-state index in [1.54, 1.807) is 6.07 Å². The Balaban J connectivity index is 2.35. The van der Waals surface area contributed by atoms with Crippen molar-refractivity contribution in [2.24, 2.45) is 5.92 Å². The van der Waals surface area contributed by atoms with E-state index in [1.807, 2.05) is 13.8 Å². The molecule has 2 N–H and O–H groups in total. The third kappa shape index (κ3) is 3.37. The highest BCUT2D eigenvalue weighted by Crippen LogP contribution is 2.34. The van der Waals surface area contributed by atoms with Crippen molar-refractivity contribution in [3.63, 3.8) is 0 Å². The average molecular weight is 348 g/mol. The summed E-state index contributed by atoms with van der Waals surface area (Å²) in [4.78, 5) is 0.198. The standard InChI is InChI=1S/C13H18BrNO3S/c1-8-5-10(7-16)6-12(13(8)14)19(17,18)15-9(2)11-3-4-11/h5-6,9,11,15-16H,3-4,7H2,1-2H3. The first-order valence-corrected chi connectivity index (χ1v) is 8.55. The average Bonchev–Trinajstić information content (AvgIpc) is 3.15. The van der Waals surface area contributed by atoms with Crippen LogP contribution in [0, 0.1) is 12.8 Å². The second-order valence-electron chi connectivity index (χ2n) is 5.13. The Morgan fingerprint density at radius 1 is 1.47 bits per heavy atom. The highest BCUT2D eigenvalue weighted by atomic mass is 79.9. The summed E-state index contributed by atoms with van der Waals surface area (Å²) in [5, 5.41) is 9.19. The fraction of sp³-hybridized carbons (Fsp3) is 0.538. The van der Waals surface area contributed by atoms with Crippen LogP contribution in [0.5, 0.6) is 0 Å². The van der Waals surface area contributed by atoms with Crippen LogP contribution in [0.4, 0.5) is 0 Å². The molecular formula is C13H18BrNO3S. The van der Waals surface area contributed by atoms with Gasteiger partial charge in [-0.2, -0.15) is 0 Å². The SMILES string of the molecule is Cc1cc(CO)cc(S(=O)(=O)NC(C)C2CC2)c1Br. The predicted molar refractivity (Wildman–Crippen MR) is 77.3 cm³/mol. The molecule has 106 valence electrons. The summed E-state index contributed by atoms with van der Waals surface area (Å²) in [7, 11) is -3.56. The van der Waals surface area contributed by atoms with Crippen molar-refractivity contribution in [3.8, 4) is 0 Å². The molecule has 1 atom stereocenters. The molecule has 6 heteroatoms. The molecule has 1 unspecified atom stereocenters. The highest BCUT2D eigenvalue weighted by Gasteiger charge is 2.32. The Labute approximate surface area is 122 Å². The number of halogens is 1. The summed E-state index contributed by atoms with van der Waals surface area (Å²) >= 11 is 3.32. The van der Waals surface area contributed by atoms with E-state index in [0.29, 0.717) is 16.0 Å². The lowest BCUT2D eigenvalue weighted by Crippen LogP contribution is -2.34. The van der Waals surface area contributed by atoms with Gasteiger partial charge in [-0.25, -0.2) is 13.1 Å². The molecule has 4 nitrogen and oxygen atoms in total. The minimum absolute atomic E-state index is 0.0463. The Bertz CT molecular complexity index is 582. The number of nitrogens with one attached hydrogen (secondary N) is 1. The van der Waals surface area contributed by atoms with E-state index in [1.165, 1.54) is 6.07 Å². The normalized spacial score (nSPS) is 17.5. The van der Waals surface area contributed by atoms with E-state index in [2.05, 4.69) is 20.7 Å². The van der Waals surface area contributed by atoms with Crippen LogP contribution in [0.1, 0.15) is 30.9 Å². The first-order valence-electron chi connectivity index (χ1n) is 6.27. The van der Waals surface area contributed by atoms with Gasteiger partial charge in [0.05, 0.1) is 11.5 Å². The van der Waals surface area contributed by atoms with Crippen LogP contribution in [-0.2, 0) is 16.6 Å². The maximum absolute atomic E-state index is 12.4. The highest BCUT2D eigenvalue weighted by molar-refractivity contribution is 9.10. The van der Waals surface area contributed by atoms with Gasteiger partial charge in [0.1, 0.15) is 0 Å². The van der Waals surface area contributed by atoms with Crippen LogP contribution < -0.4 is 4.72 Å². The van der Waals surface area contributed by atoms with Crippen molar-refractivity contribution in [2.45, 2.75) is 44.2 Å². The maximum Gasteiger partial charge on any atom is 0.241 e. The van der Waals surface area contributed by atoms with Gasteiger partial charge in [-0.15, -0.1) is 0 Å². The molecule has 0 bridgehead atoms. The molecule has 1 aliphatic carbocycles. The molecule has 0 radical (unpaired) electrons. The lowest BCUT2D eigenvalue weighted by atomic mass is 10.1. The number of aliphatic hydroxyl groups excluding tert-OH is 1. The molecule has 0 aliphatic heterocycles. The smallest absolute Gasteiger partial charge is 0.241 e. The van der Waals surface area contributed by atoms with Gasteiger partial charge in [-0.05, 0) is 65.7 Å². The zero-order valence-corrected chi connectivity index (χ0v) is 13.4. The van der Waals surface area contributed by atoms with Gasteiger partial charge >= 0.3 is 0 Å². The third-order valence-corrected chi connectivity index (χ3v) is 6.32. The number of sulfonamides is 1. The third-order valence-electron chi connectivity index (χ3n) is 3.42. The fourth-order valence-electron chi connectivity index (χ4n) is 2.10. The number of rotatable bonds is 5. The molecular weight excluding hydrogens is 330 g/mol. The molecule has 0 heterocycles. The van der Waals surface area contributed by atoms with Crippen molar-refractivity contribution in [1.82, 2.24) is 4.72 Å². The Kier molecular flexibility index (Phi) is 4.35. The predicted octanol–water partition coefficient (Wildman–Crippen LogP) is 2.33. The summed E-state index contributed by atoms with van der Waals surface area (Å²) in [6.45, 7) is 3.53. The molecule has 0 aromatic heterocycles. The Morgan fingerprint density at radius 2 is 2.11 bits per heavy atom. The van der Waals surface area contributed by atoms with E-state index < -0.39 is 10.0 Å². The van der Waals surface area contributed by atoms with Gasteiger partial charge < -0.3 is 5.11 Å². The molecule has 1 aromatic carbocycles. The van der Waals surface area contributed by atoms with Crippen molar-refractivity contribution in [1.29, 1.82) is 0 Å². The molecule has 0 spiro atoms. The zero-order chi connectivity index (χ0) is 14.2. The molecule has 1 aromatic rings. The first kappa shape index (κ1) is 15.0. The second-order valence-corrected chi connectivity index (χ2v) is 7.61. The van der Waals surface area contributed by atoms with E-state index in [-0.39, 0.29) is 17.5 Å². The van der Waals surface area contributed by atoms with Crippen LogP contribution in [0.2, 0.25) is 0 Å². The Morgan fingerprint density at radius 3 is 2.63 bits per heavy atom. The summed E-state index contributed by atoms with van der Waals surface area (Å²) in [5.74, 6) is 0.454. The van der Waals surface area contributed by atoms with Gasteiger partial charge in [0.15, 0.2) is 0 Å². The summed E-state index contributed by atoms with van der Waals surface area (Å²) in [6, 6.07) is 3.24. The van der Waals surface area contributed by atoms with Crippen LogP contribution in [0.15, 0.2) is 21.5 Å². The first-order chi connectivity index (χ1) is 8.85. The molecule has 1 fully saturated rings. The van der Waals surface area contributed by atoms with E-state index in [4.69, 9.17) is 0 Å². The number of hydrogen-bond donors (Lipinski definition) is 2. The second kappa shape index (κ2) is 5.52. The molecule has 2 rings (SSSR count). The van der Waals surface area contributed by atoms with Gasteiger partial charge in [0.25, 0.3) is 0 Å². The molecule has 0 saturated heterocycles. The summed E-state index contributed by atoms with van der Waals surface area (Å²) in [5.41, 5.74) is 1.39. The van der Waals surface area contributed by atoms with Gasteiger partial charge in [-0.1, -0.05) is 6.07 Å². The number of hydrogen-bond acceptors (Lipinski definition) is 3. The lowest BCUT2D eigenvalue weighted by Gasteiger charge is -2.16. The minimum atomic E-state index is -3.56. The number of aliphatic hydroxyl groups is 1. The summed E-state index contributed by atoms with van der Waals surface area (Å²) < 4.78 is 28.1. The molecule has 1 aliphatic rings. The van der Waals surface area contributed by atoms with Crippen LogP contribution in [-0.4, -0.2) is 19.6 Å². The number of aryl methyl sites for hydroxylation is 1. The Hall–Kier alpha value is -0.430. The van der Waals surface area contributed by atoms with Crippen LogP contribution in [0.25, 0.3) is 0 Å². The lowest BCUT2D eigenvalue weighted by molar-refractivity contribution is 0.281. The molecule has 19 heavy (non-hydrogen) atoms. The van der Waals surface area contributed by atoms with Crippen molar-refractivity contribution in [2.75, 3.05) is 0 Å². The largest absolute Gasteiger partial charge is 0.392 e. The van der Waals surface area contributed by atoms with Crippen molar-refractivity contribution in [3.05, 3.63) is 27.7 Å². The summed E-state index contributed by atoms with van der Waals surface area (Å²) in [6.07, 6.45) is 2.17. The molecule has 0 amide bonds. The van der Waals surface area contributed by atoms with Crippen molar-refractivity contribution >= 4 is 26.0 Å². The molecule has 1 saturated carbocycles. The maximum atomic E-state index is 12.4. The fourth-order valence-corrected chi connectivity index (χ4v) is 4.48. The minimum Gasteiger partial charge on any atom is -0.392 e. The van der Waals surface area contributed by atoms with E-state index >= 15 is 0 Å². The van der Waals surface area contributed by atoms with E-state index in [9.17, 15) is 13.5 Å². The van der Waals surface area contributed by atoms with E-state index in [0.717, 1.165) is 18.4 Å². The number of benzene rings is 1. The monoisotopic (exact) mass is 347 g/mol. The quantitative estimate of drug-likeness (QED) is 0.858. The topological polar surface area (TPSA) is 66.4 Å². The van der Waals surface area contributed by atoms with Crippen molar-refractivity contribution < 1.29 is 13.5 Å². The van der Waals surface area contributed by atoms with Crippen LogP contribution in [0.3, 0.4) is 0 Å². The zero-order valence-electron chi connectivity index (χ0n) is 11.0. The van der Waals surface area contributed by atoms with Crippen LogP contribution >= 0.6 is 15.9 Å². The van der Waals surface area contributed by atoms with Gasteiger partial charge in [-0.3, -0.25) is 0 Å².